The van der Waals surface area contributed by atoms with Crippen LogP contribution in [0.3, 0.4) is 0 Å². The van der Waals surface area contributed by atoms with Crippen molar-refractivity contribution in [2.45, 2.75) is 272 Å². The Kier molecular flexibility index (Phi) is 40.4. The summed E-state index contributed by atoms with van der Waals surface area (Å²) in [5.74, 6) is 1.62. The van der Waals surface area contributed by atoms with Crippen LogP contribution >= 0.6 is 0 Å². The van der Waals surface area contributed by atoms with Crippen molar-refractivity contribution in [2.75, 3.05) is 13.2 Å². The van der Waals surface area contributed by atoms with Crippen LogP contribution in [0.4, 0.5) is 0 Å². The zero-order valence-electron chi connectivity index (χ0n) is 38.4. The van der Waals surface area contributed by atoms with E-state index in [9.17, 15) is 14.4 Å². The summed E-state index contributed by atoms with van der Waals surface area (Å²) in [6.07, 6.45) is 39.5. The van der Waals surface area contributed by atoms with Crippen molar-refractivity contribution >= 4 is 17.9 Å². The van der Waals surface area contributed by atoms with Crippen molar-refractivity contribution in [3.8, 4) is 0 Å². The Bertz CT molecular complexity index is 870. The molecule has 0 aliphatic carbocycles. The van der Waals surface area contributed by atoms with Crippen LogP contribution in [0.1, 0.15) is 266 Å². The molecule has 6 nitrogen and oxygen atoms in total. The highest BCUT2D eigenvalue weighted by molar-refractivity contribution is 5.71. The Balaban J connectivity index is 4.33. The van der Waals surface area contributed by atoms with Crippen LogP contribution in [0.25, 0.3) is 0 Å². The maximum Gasteiger partial charge on any atom is 0.306 e. The van der Waals surface area contributed by atoms with Gasteiger partial charge in [-0.15, -0.1) is 0 Å². The Morgan fingerprint density at radius 2 is 0.625 bits per heavy atom. The molecule has 0 radical (unpaired) electrons. The Hall–Kier alpha value is -1.59. The lowest BCUT2D eigenvalue weighted by atomic mass is 9.99. The van der Waals surface area contributed by atoms with E-state index in [1.165, 1.54) is 148 Å². The van der Waals surface area contributed by atoms with Crippen LogP contribution in [0.15, 0.2) is 0 Å². The molecule has 56 heavy (non-hydrogen) atoms. The van der Waals surface area contributed by atoms with Crippen LogP contribution < -0.4 is 0 Å². The van der Waals surface area contributed by atoms with Gasteiger partial charge >= 0.3 is 17.9 Å². The summed E-state index contributed by atoms with van der Waals surface area (Å²) in [6, 6.07) is 0. The van der Waals surface area contributed by atoms with Crippen molar-refractivity contribution in [3.05, 3.63) is 0 Å². The van der Waals surface area contributed by atoms with Gasteiger partial charge in [0.2, 0.25) is 0 Å². The zero-order chi connectivity index (χ0) is 41.3. The predicted molar refractivity (Wildman–Crippen MR) is 238 cm³/mol. The minimum Gasteiger partial charge on any atom is -0.462 e. The lowest BCUT2D eigenvalue weighted by molar-refractivity contribution is -0.167. The first-order valence-corrected chi connectivity index (χ1v) is 24.6. The topological polar surface area (TPSA) is 78.9 Å². The van der Waals surface area contributed by atoms with Gasteiger partial charge in [0.1, 0.15) is 13.2 Å². The van der Waals surface area contributed by atoms with Crippen LogP contribution in [-0.4, -0.2) is 37.2 Å². The van der Waals surface area contributed by atoms with Crippen LogP contribution in [0.5, 0.6) is 0 Å². The van der Waals surface area contributed by atoms with Gasteiger partial charge in [0.15, 0.2) is 6.10 Å². The predicted octanol–water partition coefficient (Wildman–Crippen LogP) is 15.6. The summed E-state index contributed by atoms with van der Waals surface area (Å²) in [5.41, 5.74) is 0. The molecule has 0 fully saturated rings. The molecule has 0 saturated heterocycles. The molecule has 0 aliphatic rings. The van der Waals surface area contributed by atoms with Gasteiger partial charge in [0, 0.05) is 19.3 Å². The van der Waals surface area contributed by atoms with Gasteiger partial charge in [-0.25, -0.2) is 0 Å². The summed E-state index contributed by atoms with van der Waals surface area (Å²) >= 11 is 0. The molecule has 0 saturated carbocycles. The summed E-state index contributed by atoms with van der Waals surface area (Å²) in [4.78, 5) is 37.8. The van der Waals surface area contributed by atoms with Gasteiger partial charge in [-0.1, -0.05) is 228 Å². The monoisotopic (exact) mass is 793 g/mol. The van der Waals surface area contributed by atoms with Gasteiger partial charge in [-0.2, -0.15) is 0 Å². The Morgan fingerprint density at radius 1 is 0.357 bits per heavy atom. The molecule has 0 aromatic carbocycles. The summed E-state index contributed by atoms with van der Waals surface area (Å²) in [7, 11) is 0. The molecule has 0 heterocycles. The molecule has 0 bridgehead atoms. The molecule has 0 amide bonds. The fraction of sp³-hybridized carbons (Fsp3) is 0.940. The standard InChI is InChI=1S/C50H96O6/c1-7-46(6)38-32-26-20-14-11-12-16-22-29-35-41-50(53)56-47(43-55-49(52)40-34-28-23-17-19-25-31-37-45(4)5)42-54-48(51)39-33-27-21-15-10-8-9-13-18-24-30-36-44(2)3/h44-47H,7-43H2,1-6H3/t46?,47-/m0/s1. The number of esters is 3. The van der Waals surface area contributed by atoms with E-state index in [1.54, 1.807) is 0 Å². The molecular formula is C50H96O6. The molecule has 0 aromatic heterocycles. The maximum atomic E-state index is 12.8. The first-order chi connectivity index (χ1) is 27.1. The van der Waals surface area contributed by atoms with E-state index in [1.807, 2.05) is 0 Å². The highest BCUT2D eigenvalue weighted by atomic mass is 16.6. The molecule has 332 valence electrons. The third-order valence-corrected chi connectivity index (χ3v) is 11.5. The number of unbranched alkanes of at least 4 members (excludes halogenated alkanes) is 25. The van der Waals surface area contributed by atoms with Crippen LogP contribution in [0, 0.1) is 17.8 Å². The van der Waals surface area contributed by atoms with Crippen molar-refractivity contribution in [3.63, 3.8) is 0 Å². The fourth-order valence-corrected chi connectivity index (χ4v) is 7.38. The second kappa shape index (κ2) is 41.6. The number of ether oxygens (including phenoxy) is 3. The molecule has 0 N–H and O–H groups in total. The lowest BCUT2D eigenvalue weighted by Crippen LogP contribution is -2.30. The summed E-state index contributed by atoms with van der Waals surface area (Å²) < 4.78 is 16.8. The molecule has 0 rings (SSSR count). The van der Waals surface area contributed by atoms with Crippen molar-refractivity contribution < 1.29 is 28.6 Å². The average Bonchev–Trinajstić information content (AvgIpc) is 3.16. The number of carbonyl (C=O) groups is 3. The number of rotatable bonds is 43. The minimum absolute atomic E-state index is 0.0657. The fourth-order valence-electron chi connectivity index (χ4n) is 7.38. The van der Waals surface area contributed by atoms with Crippen molar-refractivity contribution in [2.24, 2.45) is 17.8 Å². The van der Waals surface area contributed by atoms with Gasteiger partial charge in [-0.05, 0) is 37.0 Å². The van der Waals surface area contributed by atoms with Crippen molar-refractivity contribution in [1.82, 2.24) is 0 Å². The lowest BCUT2D eigenvalue weighted by Gasteiger charge is -2.18. The highest BCUT2D eigenvalue weighted by Crippen LogP contribution is 2.18. The molecule has 6 heteroatoms. The average molecular weight is 793 g/mol. The van der Waals surface area contributed by atoms with Crippen molar-refractivity contribution in [1.29, 1.82) is 0 Å². The molecule has 0 spiro atoms. The van der Waals surface area contributed by atoms with Crippen LogP contribution in [-0.2, 0) is 28.6 Å². The van der Waals surface area contributed by atoms with Gasteiger partial charge < -0.3 is 14.2 Å². The third-order valence-electron chi connectivity index (χ3n) is 11.5. The molecule has 0 aliphatic heterocycles. The van der Waals surface area contributed by atoms with E-state index in [-0.39, 0.29) is 31.1 Å². The third kappa shape index (κ3) is 42.0. The van der Waals surface area contributed by atoms with Gasteiger partial charge in [-0.3, -0.25) is 14.4 Å². The summed E-state index contributed by atoms with van der Waals surface area (Å²) in [5, 5.41) is 0. The largest absolute Gasteiger partial charge is 0.462 e. The van der Waals surface area contributed by atoms with E-state index in [0.29, 0.717) is 19.3 Å². The second-order valence-electron chi connectivity index (χ2n) is 18.3. The van der Waals surface area contributed by atoms with E-state index in [0.717, 1.165) is 75.5 Å². The van der Waals surface area contributed by atoms with Crippen LogP contribution in [0.2, 0.25) is 0 Å². The summed E-state index contributed by atoms with van der Waals surface area (Å²) in [6.45, 7) is 13.7. The van der Waals surface area contributed by atoms with E-state index >= 15 is 0 Å². The number of hydrogen-bond donors (Lipinski definition) is 0. The minimum atomic E-state index is -0.762. The zero-order valence-corrected chi connectivity index (χ0v) is 38.4. The quantitative estimate of drug-likeness (QED) is 0.0348. The van der Waals surface area contributed by atoms with E-state index < -0.39 is 6.10 Å². The number of carbonyl (C=O) groups excluding carboxylic acids is 3. The smallest absolute Gasteiger partial charge is 0.306 e. The first-order valence-electron chi connectivity index (χ1n) is 24.6. The normalized spacial score (nSPS) is 12.6. The first kappa shape index (κ1) is 54.4. The molecule has 1 unspecified atom stereocenters. The van der Waals surface area contributed by atoms with Gasteiger partial charge in [0.25, 0.3) is 0 Å². The molecule has 0 aromatic rings. The Labute approximate surface area is 348 Å². The Morgan fingerprint density at radius 3 is 0.929 bits per heavy atom. The molecular weight excluding hydrogens is 697 g/mol. The van der Waals surface area contributed by atoms with Gasteiger partial charge in [0.05, 0.1) is 0 Å². The van der Waals surface area contributed by atoms with E-state index in [2.05, 4.69) is 41.5 Å². The highest BCUT2D eigenvalue weighted by Gasteiger charge is 2.19. The SMILES string of the molecule is CCC(C)CCCCCCCCCCCCC(=O)O[C@@H](COC(=O)CCCCCCCCCCCCCC(C)C)COC(=O)CCCCCCCCCC(C)C. The second-order valence-corrected chi connectivity index (χ2v) is 18.3. The molecule has 2 atom stereocenters. The maximum absolute atomic E-state index is 12.8. The number of hydrogen-bond acceptors (Lipinski definition) is 6. The van der Waals surface area contributed by atoms with E-state index in [4.69, 9.17) is 14.2 Å².